The van der Waals surface area contributed by atoms with Crippen LogP contribution in [0.15, 0.2) is 60.7 Å². The molecule has 2 heterocycles. The average Bonchev–Trinajstić information content (AvgIpc) is 3.15. The lowest BCUT2D eigenvalue weighted by molar-refractivity contribution is -0.171. The van der Waals surface area contributed by atoms with Crippen molar-refractivity contribution in [3.63, 3.8) is 0 Å². The zero-order valence-corrected chi connectivity index (χ0v) is 17.5. The number of amides is 2. The maximum Gasteiger partial charge on any atom is 0.242 e. The van der Waals surface area contributed by atoms with E-state index in [2.05, 4.69) is 48.5 Å². The van der Waals surface area contributed by atoms with Gasteiger partial charge in [0.25, 0.3) is 0 Å². The molecule has 2 amide bonds. The first-order valence-electron chi connectivity index (χ1n) is 10.8. The minimum atomic E-state index is -0.636. The standard InChI is InChI=1S/C24H27N2O2P/c27-21-16-17-22(28)26-24(19-12-6-2-7-13-19)29(20-14-8-3-9-15-20)23(25(21)26)18-10-4-1-5-11-18/h1-2,4-7,10-13,20,23-24H,3,8-9,14-17H2/t23-,24-/m0/s1. The number of benzene rings is 2. The minimum Gasteiger partial charge on any atom is -0.273 e. The molecule has 0 radical (unpaired) electrons. The largest absolute Gasteiger partial charge is 0.273 e. The third kappa shape index (κ3) is 3.28. The zero-order chi connectivity index (χ0) is 19.8. The second kappa shape index (κ2) is 7.91. The van der Waals surface area contributed by atoms with Crippen LogP contribution in [0.3, 0.4) is 0 Å². The van der Waals surface area contributed by atoms with E-state index in [-0.39, 0.29) is 23.4 Å². The molecule has 0 N–H and O–H groups in total. The highest BCUT2D eigenvalue weighted by molar-refractivity contribution is 7.59. The molecule has 1 aliphatic carbocycles. The van der Waals surface area contributed by atoms with Crippen LogP contribution < -0.4 is 0 Å². The highest BCUT2D eigenvalue weighted by Crippen LogP contribution is 2.74. The summed E-state index contributed by atoms with van der Waals surface area (Å²) < 4.78 is 0. The van der Waals surface area contributed by atoms with Crippen molar-refractivity contribution >= 4 is 19.7 Å². The van der Waals surface area contributed by atoms with Crippen LogP contribution in [-0.4, -0.2) is 27.5 Å². The molecule has 1 saturated carbocycles. The van der Waals surface area contributed by atoms with Crippen molar-refractivity contribution in [3.8, 4) is 0 Å². The van der Waals surface area contributed by atoms with Gasteiger partial charge in [0.2, 0.25) is 11.8 Å². The number of nitrogens with zero attached hydrogens (tertiary/aromatic N) is 2. The van der Waals surface area contributed by atoms with E-state index in [1.807, 2.05) is 22.2 Å². The first-order valence-corrected chi connectivity index (χ1v) is 12.3. The Kier molecular flexibility index (Phi) is 5.13. The van der Waals surface area contributed by atoms with Gasteiger partial charge in [0, 0.05) is 12.8 Å². The van der Waals surface area contributed by atoms with Crippen LogP contribution in [-0.2, 0) is 9.59 Å². The molecule has 0 bridgehead atoms. The van der Waals surface area contributed by atoms with E-state index >= 15 is 0 Å². The summed E-state index contributed by atoms with van der Waals surface area (Å²) in [5, 5.41) is 3.72. The predicted molar refractivity (Wildman–Crippen MR) is 115 cm³/mol. The Labute approximate surface area is 173 Å². The van der Waals surface area contributed by atoms with Crippen molar-refractivity contribution in [2.24, 2.45) is 0 Å². The van der Waals surface area contributed by atoms with E-state index < -0.39 is 7.92 Å². The summed E-state index contributed by atoms with van der Waals surface area (Å²) in [5.41, 5.74) is 2.94. The number of carbonyl (C=O) groups excluding carboxylic acids is 2. The van der Waals surface area contributed by atoms with Crippen molar-refractivity contribution in [3.05, 3.63) is 71.8 Å². The monoisotopic (exact) mass is 406 g/mol. The summed E-state index contributed by atoms with van der Waals surface area (Å²) in [7, 11) is -0.636. The second-order valence-corrected chi connectivity index (χ2v) is 10.9. The predicted octanol–water partition coefficient (Wildman–Crippen LogP) is 5.58. The summed E-state index contributed by atoms with van der Waals surface area (Å²) in [6, 6.07) is 20.8. The van der Waals surface area contributed by atoms with Crippen molar-refractivity contribution in [2.45, 2.75) is 62.2 Å². The normalized spacial score (nSPS) is 26.1. The first-order chi connectivity index (χ1) is 14.3. The van der Waals surface area contributed by atoms with Gasteiger partial charge in [-0.05, 0) is 37.5 Å². The summed E-state index contributed by atoms with van der Waals surface area (Å²) in [4.78, 5) is 26.3. The van der Waals surface area contributed by atoms with Crippen molar-refractivity contribution < 1.29 is 9.59 Å². The van der Waals surface area contributed by atoms with Crippen LogP contribution in [0.2, 0.25) is 0 Å². The molecule has 5 heteroatoms. The van der Waals surface area contributed by atoms with Gasteiger partial charge in [-0.15, -0.1) is 0 Å². The topological polar surface area (TPSA) is 40.6 Å². The zero-order valence-electron chi connectivity index (χ0n) is 16.6. The van der Waals surface area contributed by atoms with E-state index in [1.165, 1.54) is 43.2 Å². The smallest absolute Gasteiger partial charge is 0.242 e. The molecule has 2 aromatic carbocycles. The van der Waals surface area contributed by atoms with Crippen LogP contribution in [0.25, 0.3) is 0 Å². The van der Waals surface area contributed by atoms with Gasteiger partial charge in [-0.3, -0.25) is 9.59 Å². The van der Waals surface area contributed by atoms with Gasteiger partial charge in [0.15, 0.2) is 0 Å². The van der Waals surface area contributed by atoms with E-state index in [4.69, 9.17) is 0 Å². The van der Waals surface area contributed by atoms with Gasteiger partial charge in [-0.2, -0.15) is 0 Å². The van der Waals surface area contributed by atoms with Crippen LogP contribution in [0.5, 0.6) is 0 Å². The molecule has 2 atom stereocenters. The molecule has 0 aromatic heterocycles. The van der Waals surface area contributed by atoms with Crippen LogP contribution in [0.4, 0.5) is 0 Å². The number of rotatable bonds is 3. The van der Waals surface area contributed by atoms with E-state index in [0.29, 0.717) is 18.5 Å². The third-order valence-electron chi connectivity index (χ3n) is 6.52. The molecule has 2 aliphatic heterocycles. The molecule has 2 aromatic rings. The van der Waals surface area contributed by atoms with Gasteiger partial charge in [0.05, 0.1) is 0 Å². The maximum atomic E-state index is 13.2. The second-order valence-electron chi connectivity index (χ2n) is 8.28. The Morgan fingerprint density at radius 3 is 1.55 bits per heavy atom. The molecule has 3 aliphatic rings. The van der Waals surface area contributed by atoms with Crippen molar-refractivity contribution in [2.75, 3.05) is 0 Å². The lowest BCUT2D eigenvalue weighted by Crippen LogP contribution is -2.50. The molecule has 0 unspecified atom stereocenters. The fourth-order valence-corrected chi connectivity index (χ4v) is 9.28. The molecule has 0 spiro atoms. The average molecular weight is 406 g/mol. The van der Waals surface area contributed by atoms with E-state index in [0.717, 1.165) is 0 Å². The van der Waals surface area contributed by atoms with Crippen LogP contribution in [0, 0.1) is 0 Å². The Balaban J connectivity index is 1.68. The number of fused-ring (bicyclic) bond motifs is 1. The van der Waals surface area contributed by atoms with Crippen molar-refractivity contribution in [1.29, 1.82) is 0 Å². The summed E-state index contributed by atoms with van der Waals surface area (Å²) >= 11 is 0. The van der Waals surface area contributed by atoms with Gasteiger partial charge in [0.1, 0.15) is 11.6 Å². The lowest BCUT2D eigenvalue weighted by Gasteiger charge is -2.37. The van der Waals surface area contributed by atoms with Crippen LogP contribution >= 0.6 is 7.92 Å². The Bertz CT molecular complexity index is 817. The molecular weight excluding hydrogens is 379 g/mol. The molecule has 2 saturated heterocycles. The fourth-order valence-electron chi connectivity index (χ4n) is 5.23. The van der Waals surface area contributed by atoms with Crippen molar-refractivity contribution in [1.82, 2.24) is 10.0 Å². The molecule has 5 rings (SSSR count). The third-order valence-corrected chi connectivity index (χ3v) is 10.0. The Morgan fingerprint density at radius 2 is 1.10 bits per heavy atom. The Morgan fingerprint density at radius 1 is 0.655 bits per heavy atom. The summed E-state index contributed by atoms with van der Waals surface area (Å²) in [5.74, 6) is 0.188. The molecule has 150 valence electrons. The van der Waals surface area contributed by atoms with Crippen LogP contribution in [0.1, 0.15) is 67.6 Å². The first kappa shape index (κ1) is 18.8. The van der Waals surface area contributed by atoms with Gasteiger partial charge >= 0.3 is 0 Å². The molecular formula is C24H27N2O2P. The van der Waals surface area contributed by atoms with E-state index in [9.17, 15) is 9.59 Å². The minimum absolute atomic E-state index is 0.00347. The SMILES string of the molecule is O=C1CCC(=O)N2[C@H](c3ccccc3)P(C3CCCCC3)[C@@H](c3ccccc3)N12. The fraction of sp³-hybridized carbons (Fsp3) is 0.417. The van der Waals surface area contributed by atoms with Gasteiger partial charge in [-0.25, -0.2) is 10.0 Å². The summed E-state index contributed by atoms with van der Waals surface area (Å²) in [6.07, 6.45) is 6.90. The maximum absolute atomic E-state index is 13.2. The highest BCUT2D eigenvalue weighted by atomic mass is 31.1. The Hall–Kier alpha value is -2.19. The number of hydrazine groups is 1. The molecule has 3 fully saturated rings. The lowest BCUT2D eigenvalue weighted by atomic mass is 10.0. The molecule has 4 nitrogen and oxygen atoms in total. The van der Waals surface area contributed by atoms with E-state index in [1.54, 1.807) is 0 Å². The van der Waals surface area contributed by atoms with Gasteiger partial charge in [-0.1, -0.05) is 79.9 Å². The highest BCUT2D eigenvalue weighted by Gasteiger charge is 2.56. The summed E-state index contributed by atoms with van der Waals surface area (Å²) in [6.45, 7) is 0. The quantitative estimate of drug-likeness (QED) is 0.625. The molecule has 29 heavy (non-hydrogen) atoms. The number of hydrogen-bond acceptors (Lipinski definition) is 2. The number of hydrogen-bond donors (Lipinski definition) is 0. The van der Waals surface area contributed by atoms with Gasteiger partial charge < -0.3 is 0 Å². The number of carbonyl (C=O) groups is 2.